The molecule has 0 saturated heterocycles. The Morgan fingerprint density at radius 1 is 0.288 bits per heavy atom. The zero-order chi connectivity index (χ0) is 52.9. The summed E-state index contributed by atoms with van der Waals surface area (Å²) in [5.41, 5.74) is 0. The first-order valence-electron chi connectivity index (χ1n) is 29.0. The Morgan fingerprint density at radius 2 is 0.562 bits per heavy atom. The highest BCUT2D eigenvalue weighted by Gasteiger charge is 2.19. The Kier molecular flexibility index (Phi) is 55.5. The minimum atomic E-state index is -0.828. The van der Waals surface area contributed by atoms with Crippen molar-refractivity contribution in [3.8, 4) is 0 Å². The molecule has 0 aliphatic heterocycles. The van der Waals surface area contributed by atoms with E-state index in [9.17, 15) is 14.4 Å². The number of carbonyl (C=O) groups is 3. The number of hydrogen-bond donors (Lipinski definition) is 0. The summed E-state index contributed by atoms with van der Waals surface area (Å²) in [6, 6.07) is 0. The molecule has 0 bridgehead atoms. The van der Waals surface area contributed by atoms with Crippen molar-refractivity contribution in [2.24, 2.45) is 0 Å². The van der Waals surface area contributed by atoms with Crippen molar-refractivity contribution in [3.05, 3.63) is 158 Å². The lowest BCUT2D eigenvalue weighted by Gasteiger charge is -2.18. The van der Waals surface area contributed by atoms with E-state index in [1.54, 1.807) is 0 Å². The van der Waals surface area contributed by atoms with Gasteiger partial charge in [-0.05, 0) is 116 Å². The van der Waals surface area contributed by atoms with E-state index in [1.165, 1.54) is 38.5 Å². The lowest BCUT2D eigenvalue weighted by atomic mass is 10.1. The Bertz CT molecular complexity index is 1670. The van der Waals surface area contributed by atoms with Gasteiger partial charge in [-0.25, -0.2) is 0 Å². The Morgan fingerprint density at radius 3 is 0.890 bits per heavy atom. The highest BCUT2D eigenvalue weighted by atomic mass is 16.6. The molecule has 0 aliphatic rings. The van der Waals surface area contributed by atoms with Crippen molar-refractivity contribution < 1.29 is 28.6 Å². The third-order valence-electron chi connectivity index (χ3n) is 11.5. The van der Waals surface area contributed by atoms with E-state index in [0.717, 1.165) is 141 Å². The summed E-state index contributed by atoms with van der Waals surface area (Å²) in [6.45, 7) is 6.28. The van der Waals surface area contributed by atoms with Crippen molar-refractivity contribution in [3.63, 3.8) is 0 Å². The first kappa shape index (κ1) is 68.0. The Balaban J connectivity index is 4.29. The van der Waals surface area contributed by atoms with Crippen molar-refractivity contribution >= 4 is 17.9 Å². The minimum Gasteiger partial charge on any atom is -0.462 e. The zero-order valence-corrected chi connectivity index (χ0v) is 46.6. The molecule has 0 spiro atoms. The predicted octanol–water partition coefficient (Wildman–Crippen LogP) is 19.8. The van der Waals surface area contributed by atoms with Gasteiger partial charge in [0.25, 0.3) is 0 Å². The molecule has 1 atom stereocenters. The smallest absolute Gasteiger partial charge is 0.306 e. The van der Waals surface area contributed by atoms with Crippen LogP contribution in [0, 0.1) is 0 Å². The summed E-state index contributed by atoms with van der Waals surface area (Å²) in [5, 5.41) is 0. The van der Waals surface area contributed by atoms with Crippen LogP contribution in [0.2, 0.25) is 0 Å². The highest BCUT2D eigenvalue weighted by Crippen LogP contribution is 2.13. The monoisotopic (exact) mass is 1000 g/mol. The van der Waals surface area contributed by atoms with Gasteiger partial charge in [0.2, 0.25) is 0 Å². The maximum Gasteiger partial charge on any atom is 0.306 e. The van der Waals surface area contributed by atoms with E-state index in [1.807, 2.05) is 12.2 Å². The lowest BCUT2D eigenvalue weighted by Crippen LogP contribution is -2.30. The van der Waals surface area contributed by atoms with Crippen LogP contribution in [0.3, 0.4) is 0 Å². The van der Waals surface area contributed by atoms with E-state index in [0.29, 0.717) is 19.3 Å². The van der Waals surface area contributed by atoms with E-state index < -0.39 is 12.1 Å². The van der Waals surface area contributed by atoms with Gasteiger partial charge in [-0.2, -0.15) is 0 Å². The van der Waals surface area contributed by atoms with Crippen molar-refractivity contribution in [1.82, 2.24) is 0 Å². The summed E-state index contributed by atoms with van der Waals surface area (Å²) in [5.74, 6) is -1.03. The van der Waals surface area contributed by atoms with Gasteiger partial charge in [-0.15, -0.1) is 0 Å². The number of carbonyl (C=O) groups excluding carboxylic acids is 3. The van der Waals surface area contributed by atoms with E-state index >= 15 is 0 Å². The molecule has 0 N–H and O–H groups in total. The molecular weight excluding hydrogens is 901 g/mol. The molecule has 73 heavy (non-hydrogen) atoms. The zero-order valence-electron chi connectivity index (χ0n) is 46.6. The largest absolute Gasteiger partial charge is 0.462 e. The van der Waals surface area contributed by atoms with Crippen molar-refractivity contribution in [2.45, 2.75) is 232 Å². The number of ether oxygens (including phenoxy) is 3. The molecule has 0 amide bonds. The Hall–Kier alpha value is -4.97. The topological polar surface area (TPSA) is 78.9 Å². The fourth-order valence-electron chi connectivity index (χ4n) is 7.27. The third-order valence-corrected chi connectivity index (χ3v) is 11.5. The third kappa shape index (κ3) is 57.8. The van der Waals surface area contributed by atoms with E-state index in [-0.39, 0.29) is 31.6 Å². The van der Waals surface area contributed by atoms with Crippen LogP contribution in [0.25, 0.3) is 0 Å². The first-order chi connectivity index (χ1) is 36.0. The summed E-state index contributed by atoms with van der Waals surface area (Å²) >= 11 is 0. The van der Waals surface area contributed by atoms with Crippen LogP contribution in [0.15, 0.2) is 158 Å². The van der Waals surface area contributed by atoms with E-state index in [2.05, 4.69) is 167 Å². The van der Waals surface area contributed by atoms with Gasteiger partial charge in [-0.3, -0.25) is 14.4 Å². The molecule has 0 rings (SSSR count). The number of esters is 3. The number of hydrogen-bond acceptors (Lipinski definition) is 6. The van der Waals surface area contributed by atoms with Crippen LogP contribution in [-0.2, 0) is 28.6 Å². The molecule has 0 aromatic rings. The molecule has 1 unspecified atom stereocenters. The van der Waals surface area contributed by atoms with Gasteiger partial charge in [-0.1, -0.05) is 249 Å². The molecule has 408 valence electrons. The first-order valence-corrected chi connectivity index (χ1v) is 29.0. The minimum absolute atomic E-state index is 0.117. The molecular formula is C67H104O6. The molecule has 0 aromatic heterocycles. The average Bonchev–Trinajstić information content (AvgIpc) is 3.39. The average molecular weight is 1010 g/mol. The van der Waals surface area contributed by atoms with Gasteiger partial charge in [0.05, 0.1) is 0 Å². The molecule has 0 aromatic carbocycles. The Labute approximate surface area is 448 Å². The number of rotatable bonds is 50. The van der Waals surface area contributed by atoms with Crippen molar-refractivity contribution in [2.75, 3.05) is 13.2 Å². The molecule has 0 aliphatic carbocycles. The standard InChI is InChI=1S/C67H104O6/c1-4-7-10-13-16-19-21-23-24-25-26-27-28-29-30-31-32-33-34-35-36-37-38-39-40-41-42-44-45-48-51-54-57-60-66(69)72-63-64(62-71-65(68)59-56-53-50-47-18-15-12-9-6-3)73-67(70)61-58-55-52-49-46-43-22-20-17-14-11-8-5-2/h7-8,10-11,16-17,19-20,23-24,26-27,29-30,32-33,35-36,38-39,41-43,46,52,55,64H,4-6,9,12-15,18,21-22,25,28,31,34,37,40,44-45,47-51,53-54,56-63H2,1-3H3/b10-7-,11-8-,19-16-,20-17-,24-23-,27-26-,30-29-,33-32-,36-35-,39-38-,42-41-,46-43-,55-52-. The van der Waals surface area contributed by atoms with Gasteiger partial charge >= 0.3 is 17.9 Å². The summed E-state index contributed by atoms with van der Waals surface area (Å²) in [6.07, 6.45) is 87.0. The maximum atomic E-state index is 12.7. The van der Waals surface area contributed by atoms with Crippen molar-refractivity contribution in [1.29, 1.82) is 0 Å². The van der Waals surface area contributed by atoms with Crippen LogP contribution in [-0.4, -0.2) is 37.2 Å². The summed E-state index contributed by atoms with van der Waals surface area (Å²) in [7, 11) is 0. The molecule has 6 nitrogen and oxygen atoms in total. The lowest BCUT2D eigenvalue weighted by molar-refractivity contribution is -0.166. The highest BCUT2D eigenvalue weighted by molar-refractivity contribution is 5.71. The molecule has 0 radical (unpaired) electrons. The normalized spacial score (nSPS) is 13.3. The maximum absolute atomic E-state index is 12.7. The van der Waals surface area contributed by atoms with Gasteiger partial charge in [0.1, 0.15) is 13.2 Å². The second kappa shape index (κ2) is 59.6. The predicted molar refractivity (Wildman–Crippen MR) is 315 cm³/mol. The fourth-order valence-corrected chi connectivity index (χ4v) is 7.27. The van der Waals surface area contributed by atoms with Gasteiger partial charge in [0.15, 0.2) is 6.10 Å². The quantitative estimate of drug-likeness (QED) is 0.0261. The molecule has 6 heteroatoms. The van der Waals surface area contributed by atoms with Gasteiger partial charge < -0.3 is 14.2 Å². The SMILES string of the molecule is CC/C=C\C/C=C\C/C=C\C/C=C\C/C=C\C/C=C\C/C=C\C/C=C\C/C=C\CCCCCCCC(=O)OCC(COC(=O)CCCCCCCCCCC)OC(=O)CC/C=C\C/C=C\C/C=C\C/C=C\CC. The second-order valence-corrected chi connectivity index (χ2v) is 18.4. The molecule has 0 fully saturated rings. The van der Waals surface area contributed by atoms with Gasteiger partial charge in [0, 0.05) is 19.3 Å². The summed E-state index contributed by atoms with van der Waals surface area (Å²) in [4.78, 5) is 37.9. The molecule has 0 saturated carbocycles. The summed E-state index contributed by atoms with van der Waals surface area (Å²) < 4.78 is 16.7. The van der Waals surface area contributed by atoms with Crippen LogP contribution in [0.4, 0.5) is 0 Å². The second-order valence-electron chi connectivity index (χ2n) is 18.4. The fraction of sp³-hybridized carbons (Fsp3) is 0.567. The number of allylic oxidation sites excluding steroid dienone is 26. The van der Waals surface area contributed by atoms with Crippen LogP contribution in [0.5, 0.6) is 0 Å². The van der Waals surface area contributed by atoms with Crippen LogP contribution in [0.1, 0.15) is 226 Å². The van der Waals surface area contributed by atoms with Crippen LogP contribution >= 0.6 is 0 Å². The van der Waals surface area contributed by atoms with E-state index in [4.69, 9.17) is 14.2 Å². The van der Waals surface area contributed by atoms with Crippen LogP contribution < -0.4 is 0 Å². The number of unbranched alkanes of at least 4 members (excludes halogenated alkanes) is 13. The molecule has 0 heterocycles.